The van der Waals surface area contributed by atoms with Crippen molar-refractivity contribution in [3.63, 3.8) is 0 Å². The van der Waals surface area contributed by atoms with E-state index in [-0.39, 0.29) is 25.0 Å². The number of halogens is 5. The molecule has 2 aliphatic heterocycles. The van der Waals surface area contributed by atoms with Gasteiger partial charge in [-0.3, -0.25) is 4.90 Å². The maximum absolute atomic E-state index is 16.1. The summed E-state index contributed by atoms with van der Waals surface area (Å²) >= 11 is 0. The summed E-state index contributed by atoms with van der Waals surface area (Å²) in [6, 6.07) is 3.38. The van der Waals surface area contributed by atoms with Gasteiger partial charge in [0.15, 0.2) is 6.23 Å². The van der Waals surface area contributed by atoms with Gasteiger partial charge in [0.1, 0.15) is 29.6 Å². The van der Waals surface area contributed by atoms with Gasteiger partial charge in [0.25, 0.3) is 0 Å². The summed E-state index contributed by atoms with van der Waals surface area (Å²) in [7, 11) is 0. The number of aromatic nitrogens is 2. The van der Waals surface area contributed by atoms with Crippen molar-refractivity contribution in [2.45, 2.75) is 115 Å². The van der Waals surface area contributed by atoms with E-state index >= 15 is 8.78 Å². The third-order valence-corrected chi connectivity index (χ3v) is 9.58. The highest BCUT2D eigenvalue weighted by molar-refractivity contribution is 5.84. The van der Waals surface area contributed by atoms with Crippen LogP contribution in [-0.2, 0) is 15.9 Å². The summed E-state index contributed by atoms with van der Waals surface area (Å²) in [6.07, 6.45) is 2.03. The lowest BCUT2D eigenvalue weighted by Gasteiger charge is -2.43. The molecule has 1 N–H and O–H groups in total. The van der Waals surface area contributed by atoms with Crippen molar-refractivity contribution in [2.24, 2.45) is 0 Å². The van der Waals surface area contributed by atoms with Crippen LogP contribution in [0.2, 0.25) is 0 Å². The molecule has 1 saturated heterocycles. The highest BCUT2D eigenvalue weighted by atomic mass is 19.4. The SMILES string of the molecule is C[C@@H]1Cc2c(ccc3c2cnn3C2CCCCO2)[C@@H](c2c(F)cc(OCC3(NC(=O)OC(C)(C)C)CCCC3)cc2F)N1CC(F)(F)F. The molecule has 0 spiro atoms. The number of fused-ring (bicyclic) bond motifs is 3. The minimum Gasteiger partial charge on any atom is -0.491 e. The molecule has 3 heterocycles. The van der Waals surface area contributed by atoms with Crippen molar-refractivity contribution in [2.75, 3.05) is 19.8 Å². The molecule has 3 aromatic rings. The number of carbonyl (C=O) groups is 1. The van der Waals surface area contributed by atoms with E-state index in [1.54, 1.807) is 50.7 Å². The second-order valence-corrected chi connectivity index (χ2v) is 14.4. The Bertz CT molecular complexity index is 1620. The molecule has 13 heteroatoms. The van der Waals surface area contributed by atoms with Gasteiger partial charge in [0.2, 0.25) is 0 Å². The summed E-state index contributed by atoms with van der Waals surface area (Å²) in [5, 5.41) is 8.19. The predicted molar refractivity (Wildman–Crippen MR) is 169 cm³/mol. The minimum absolute atomic E-state index is 0.0549. The first kappa shape index (κ1) is 34.4. The van der Waals surface area contributed by atoms with E-state index in [4.69, 9.17) is 14.2 Å². The number of hydrogen-bond donors (Lipinski definition) is 1. The Balaban J connectivity index is 1.33. The molecule has 262 valence electrons. The lowest BCUT2D eigenvalue weighted by molar-refractivity contribution is -0.155. The summed E-state index contributed by atoms with van der Waals surface area (Å²) in [6.45, 7) is 6.10. The molecule has 2 aromatic carbocycles. The van der Waals surface area contributed by atoms with Crippen LogP contribution in [0.15, 0.2) is 30.5 Å². The van der Waals surface area contributed by atoms with Gasteiger partial charge in [-0.05, 0) is 83.4 Å². The smallest absolute Gasteiger partial charge is 0.408 e. The van der Waals surface area contributed by atoms with Crippen molar-refractivity contribution < 1.29 is 41.0 Å². The number of alkyl halides is 3. The first-order valence-electron chi connectivity index (χ1n) is 16.7. The average molecular weight is 679 g/mol. The number of amides is 1. The molecular formula is C35H43F5N4O4. The van der Waals surface area contributed by atoms with Gasteiger partial charge in [0.05, 0.1) is 29.8 Å². The van der Waals surface area contributed by atoms with Gasteiger partial charge < -0.3 is 19.5 Å². The molecule has 1 aliphatic carbocycles. The Morgan fingerprint density at radius 2 is 1.79 bits per heavy atom. The zero-order chi connectivity index (χ0) is 34.4. The fourth-order valence-electron chi connectivity index (χ4n) is 7.45. The fraction of sp³-hybridized carbons (Fsp3) is 0.600. The number of hydrogen-bond acceptors (Lipinski definition) is 6. The van der Waals surface area contributed by atoms with Crippen LogP contribution in [0.1, 0.15) is 102 Å². The molecule has 1 aromatic heterocycles. The van der Waals surface area contributed by atoms with Crippen LogP contribution >= 0.6 is 0 Å². The maximum atomic E-state index is 16.1. The quantitative estimate of drug-likeness (QED) is 0.255. The number of nitrogens with zero attached hydrogens (tertiary/aromatic N) is 3. The first-order valence-corrected chi connectivity index (χ1v) is 16.7. The van der Waals surface area contributed by atoms with Crippen LogP contribution in [-0.4, -0.2) is 63.9 Å². The maximum Gasteiger partial charge on any atom is 0.408 e. The normalized spacial score (nSPS) is 23.2. The zero-order valence-electron chi connectivity index (χ0n) is 27.8. The number of alkyl carbamates (subject to hydrolysis) is 1. The molecule has 0 radical (unpaired) electrons. The first-order chi connectivity index (χ1) is 22.6. The van der Waals surface area contributed by atoms with Crippen LogP contribution in [0.25, 0.3) is 10.9 Å². The molecule has 48 heavy (non-hydrogen) atoms. The van der Waals surface area contributed by atoms with Crippen molar-refractivity contribution in [1.82, 2.24) is 20.0 Å². The van der Waals surface area contributed by atoms with Gasteiger partial charge in [-0.1, -0.05) is 18.9 Å². The van der Waals surface area contributed by atoms with E-state index < -0.39 is 59.2 Å². The molecule has 1 unspecified atom stereocenters. The number of nitrogens with one attached hydrogen (secondary N) is 1. The molecule has 8 nitrogen and oxygen atoms in total. The van der Waals surface area contributed by atoms with E-state index in [0.29, 0.717) is 30.6 Å². The van der Waals surface area contributed by atoms with Gasteiger partial charge in [0, 0.05) is 35.7 Å². The van der Waals surface area contributed by atoms with Crippen molar-refractivity contribution in [3.8, 4) is 5.75 Å². The topological polar surface area (TPSA) is 77.8 Å². The minimum atomic E-state index is -4.61. The molecule has 1 amide bonds. The lowest BCUT2D eigenvalue weighted by Crippen LogP contribution is -2.52. The third kappa shape index (κ3) is 7.27. The summed E-state index contributed by atoms with van der Waals surface area (Å²) in [5.74, 6) is -2.16. The van der Waals surface area contributed by atoms with Crippen LogP contribution in [0, 0.1) is 11.6 Å². The van der Waals surface area contributed by atoms with Crippen LogP contribution < -0.4 is 10.1 Å². The highest BCUT2D eigenvalue weighted by Crippen LogP contribution is 2.45. The predicted octanol–water partition coefficient (Wildman–Crippen LogP) is 8.13. The van der Waals surface area contributed by atoms with Crippen LogP contribution in [0.5, 0.6) is 5.75 Å². The number of carbonyl (C=O) groups excluding carboxylic acids is 1. The van der Waals surface area contributed by atoms with E-state index in [2.05, 4.69) is 10.4 Å². The fourth-order valence-corrected chi connectivity index (χ4v) is 7.45. The molecule has 2 fully saturated rings. The zero-order valence-corrected chi connectivity index (χ0v) is 27.8. The molecule has 1 saturated carbocycles. The van der Waals surface area contributed by atoms with Gasteiger partial charge >= 0.3 is 12.3 Å². The Morgan fingerprint density at radius 1 is 1.08 bits per heavy atom. The second kappa shape index (κ2) is 13.1. The Morgan fingerprint density at radius 3 is 2.42 bits per heavy atom. The number of rotatable bonds is 7. The summed E-state index contributed by atoms with van der Waals surface area (Å²) < 4.78 is 93.1. The summed E-state index contributed by atoms with van der Waals surface area (Å²) in [4.78, 5) is 13.7. The molecular weight excluding hydrogens is 635 g/mol. The summed E-state index contributed by atoms with van der Waals surface area (Å²) in [5.41, 5.74) is -0.107. The van der Waals surface area contributed by atoms with E-state index in [0.717, 1.165) is 60.0 Å². The standard InChI is InChI=1S/C35H43F5N4O4/c1-21-15-24-23(10-11-28-25(24)18-41-44(28)29-9-5-8-14-46-29)31(43(21)19-35(38,39)40)30-26(36)16-22(17-27(30)37)47-20-34(12-6-7-13-34)42-32(45)48-33(2,3)4/h10-11,16-18,21,29,31H,5-9,12-15,19-20H2,1-4H3,(H,42,45)/t21-,29?,31+/m1/s1. The van der Waals surface area contributed by atoms with Gasteiger partial charge in [-0.25, -0.2) is 18.3 Å². The average Bonchev–Trinajstić information content (AvgIpc) is 3.64. The van der Waals surface area contributed by atoms with Crippen LogP contribution in [0.3, 0.4) is 0 Å². The molecule has 3 aliphatic rings. The Labute approximate surface area is 276 Å². The monoisotopic (exact) mass is 678 g/mol. The third-order valence-electron chi connectivity index (χ3n) is 9.58. The molecule has 3 atom stereocenters. The van der Waals surface area contributed by atoms with Crippen molar-refractivity contribution in [3.05, 3.63) is 58.8 Å². The van der Waals surface area contributed by atoms with Crippen LogP contribution in [0.4, 0.5) is 26.7 Å². The largest absolute Gasteiger partial charge is 0.491 e. The number of benzene rings is 2. The van der Waals surface area contributed by atoms with Crippen molar-refractivity contribution >= 4 is 17.0 Å². The molecule has 0 bridgehead atoms. The number of ether oxygens (including phenoxy) is 3. The lowest BCUT2D eigenvalue weighted by atomic mass is 9.83. The second-order valence-electron chi connectivity index (χ2n) is 14.4. The Hall–Kier alpha value is -3.45. The van der Waals surface area contributed by atoms with Gasteiger partial charge in [-0.2, -0.15) is 18.3 Å². The van der Waals surface area contributed by atoms with Gasteiger partial charge in [-0.15, -0.1) is 0 Å². The van der Waals surface area contributed by atoms with E-state index in [9.17, 15) is 18.0 Å². The van der Waals surface area contributed by atoms with Crippen molar-refractivity contribution in [1.29, 1.82) is 0 Å². The molecule has 6 rings (SSSR count). The van der Waals surface area contributed by atoms with E-state index in [1.807, 2.05) is 0 Å². The highest BCUT2D eigenvalue weighted by Gasteiger charge is 2.44. The Kier molecular flexibility index (Phi) is 9.40. The van der Waals surface area contributed by atoms with E-state index in [1.165, 1.54) is 0 Å².